The summed E-state index contributed by atoms with van der Waals surface area (Å²) in [5.74, 6) is 0.139. The summed E-state index contributed by atoms with van der Waals surface area (Å²) in [4.78, 5) is 33.4. The quantitative estimate of drug-likeness (QED) is 0.841. The fourth-order valence-electron chi connectivity index (χ4n) is 3.43. The number of piperazine rings is 1. The van der Waals surface area contributed by atoms with Crippen LogP contribution in [0.15, 0.2) is 29.2 Å². The van der Waals surface area contributed by atoms with Gasteiger partial charge in [0.2, 0.25) is 5.91 Å². The lowest BCUT2D eigenvalue weighted by Crippen LogP contribution is -2.49. The van der Waals surface area contributed by atoms with Gasteiger partial charge in [-0.05, 0) is 31.4 Å². The van der Waals surface area contributed by atoms with E-state index in [1.807, 2.05) is 19.1 Å². The van der Waals surface area contributed by atoms with Crippen LogP contribution in [0.2, 0.25) is 0 Å². The summed E-state index contributed by atoms with van der Waals surface area (Å²) >= 11 is 0. The van der Waals surface area contributed by atoms with E-state index in [2.05, 4.69) is 20.1 Å². The maximum absolute atomic E-state index is 12.3. The second kappa shape index (κ2) is 7.17. The Bertz CT molecular complexity index is 866. The zero-order valence-corrected chi connectivity index (χ0v) is 15.1. The van der Waals surface area contributed by atoms with E-state index in [-0.39, 0.29) is 11.5 Å². The minimum Gasteiger partial charge on any atom is -0.352 e. The zero-order chi connectivity index (χ0) is 18.1. The Kier molecular flexibility index (Phi) is 4.74. The SMILES string of the molecule is Cc1cccn2c(=O)cc(CN3CCN(CC(=O)NC4CC4)CC3)nc12. The van der Waals surface area contributed by atoms with Gasteiger partial charge in [-0.3, -0.25) is 23.8 Å². The average Bonchev–Trinajstić information content (AvgIpc) is 3.42. The predicted molar refractivity (Wildman–Crippen MR) is 99.1 cm³/mol. The first kappa shape index (κ1) is 17.2. The number of hydrogen-bond acceptors (Lipinski definition) is 5. The van der Waals surface area contributed by atoms with E-state index < -0.39 is 0 Å². The molecule has 2 aliphatic rings. The van der Waals surface area contributed by atoms with E-state index in [4.69, 9.17) is 0 Å². The molecule has 1 aliphatic heterocycles. The summed E-state index contributed by atoms with van der Waals surface area (Å²) in [6.45, 7) is 6.61. The van der Waals surface area contributed by atoms with Gasteiger partial charge in [0.05, 0.1) is 12.2 Å². The van der Waals surface area contributed by atoms with Crippen molar-refractivity contribution in [2.24, 2.45) is 0 Å². The number of nitrogens with zero attached hydrogens (tertiary/aromatic N) is 4. The Hall–Kier alpha value is -2.25. The van der Waals surface area contributed by atoms with Crippen LogP contribution in [-0.2, 0) is 11.3 Å². The molecule has 7 heteroatoms. The molecule has 0 radical (unpaired) electrons. The molecule has 2 aromatic heterocycles. The zero-order valence-electron chi connectivity index (χ0n) is 15.1. The first-order valence-electron chi connectivity index (χ1n) is 9.30. The molecule has 0 bridgehead atoms. The Morgan fingerprint density at radius 1 is 1.23 bits per heavy atom. The highest BCUT2D eigenvalue weighted by molar-refractivity contribution is 5.78. The van der Waals surface area contributed by atoms with Crippen molar-refractivity contribution in [1.82, 2.24) is 24.5 Å². The number of aryl methyl sites for hydroxylation is 1. The van der Waals surface area contributed by atoms with E-state index >= 15 is 0 Å². The number of carbonyl (C=O) groups is 1. The van der Waals surface area contributed by atoms with Crippen LogP contribution in [0.5, 0.6) is 0 Å². The molecule has 2 aromatic rings. The Morgan fingerprint density at radius 2 is 1.96 bits per heavy atom. The van der Waals surface area contributed by atoms with Gasteiger partial charge in [-0.25, -0.2) is 4.98 Å². The summed E-state index contributed by atoms with van der Waals surface area (Å²) < 4.78 is 1.59. The molecule has 138 valence electrons. The van der Waals surface area contributed by atoms with E-state index in [1.165, 1.54) is 0 Å². The molecule has 0 aromatic carbocycles. The maximum Gasteiger partial charge on any atom is 0.258 e. The second-order valence-corrected chi connectivity index (χ2v) is 7.36. The number of aromatic nitrogens is 2. The molecular formula is C19H25N5O2. The molecule has 1 N–H and O–H groups in total. The molecule has 0 unspecified atom stereocenters. The van der Waals surface area contributed by atoms with Crippen LogP contribution in [-0.4, -0.2) is 63.9 Å². The van der Waals surface area contributed by atoms with Crippen LogP contribution >= 0.6 is 0 Å². The largest absolute Gasteiger partial charge is 0.352 e. The molecule has 0 atom stereocenters. The standard InChI is InChI=1S/C19H25N5O2/c1-14-3-2-6-24-18(26)11-16(21-19(14)24)12-22-7-9-23(10-8-22)13-17(25)20-15-4-5-15/h2-3,6,11,15H,4-5,7-10,12-13H2,1H3,(H,20,25). The second-order valence-electron chi connectivity index (χ2n) is 7.36. The number of hydrogen-bond donors (Lipinski definition) is 1. The summed E-state index contributed by atoms with van der Waals surface area (Å²) in [5, 5.41) is 3.04. The Labute approximate surface area is 152 Å². The van der Waals surface area contributed by atoms with E-state index in [0.717, 1.165) is 55.9 Å². The third-order valence-electron chi connectivity index (χ3n) is 5.10. The van der Waals surface area contributed by atoms with E-state index in [9.17, 15) is 9.59 Å². The van der Waals surface area contributed by atoms with Crippen LogP contribution in [0, 0.1) is 6.92 Å². The molecule has 1 saturated carbocycles. The number of fused-ring (bicyclic) bond motifs is 1. The van der Waals surface area contributed by atoms with Gasteiger partial charge in [0.25, 0.3) is 5.56 Å². The van der Waals surface area contributed by atoms with E-state index in [1.54, 1.807) is 16.7 Å². The van der Waals surface area contributed by atoms with Crippen molar-refractivity contribution in [3.63, 3.8) is 0 Å². The van der Waals surface area contributed by atoms with Gasteiger partial charge >= 0.3 is 0 Å². The van der Waals surface area contributed by atoms with Crippen molar-refractivity contribution in [3.8, 4) is 0 Å². The Morgan fingerprint density at radius 3 is 2.69 bits per heavy atom. The van der Waals surface area contributed by atoms with Gasteiger partial charge in [-0.1, -0.05) is 6.07 Å². The van der Waals surface area contributed by atoms with Crippen molar-refractivity contribution in [3.05, 3.63) is 46.0 Å². The normalized spacial score (nSPS) is 19.0. The van der Waals surface area contributed by atoms with Gasteiger partial charge in [-0.2, -0.15) is 0 Å². The molecule has 2 fully saturated rings. The topological polar surface area (TPSA) is 70.0 Å². The molecule has 1 saturated heterocycles. The number of amides is 1. The summed E-state index contributed by atoms with van der Waals surface area (Å²) in [7, 11) is 0. The number of nitrogens with one attached hydrogen (secondary N) is 1. The van der Waals surface area contributed by atoms with Crippen molar-refractivity contribution < 1.29 is 4.79 Å². The van der Waals surface area contributed by atoms with Crippen LogP contribution < -0.4 is 10.9 Å². The Balaban J connectivity index is 1.35. The fourth-order valence-corrected chi connectivity index (χ4v) is 3.43. The highest BCUT2D eigenvalue weighted by atomic mass is 16.2. The third-order valence-corrected chi connectivity index (χ3v) is 5.10. The third kappa shape index (κ3) is 3.94. The van der Waals surface area contributed by atoms with E-state index in [0.29, 0.717) is 19.1 Å². The molecule has 1 aliphatic carbocycles. The number of pyridine rings is 1. The lowest BCUT2D eigenvalue weighted by Gasteiger charge is -2.34. The molecule has 26 heavy (non-hydrogen) atoms. The van der Waals surface area contributed by atoms with Crippen LogP contribution in [0.1, 0.15) is 24.1 Å². The van der Waals surface area contributed by atoms with Gasteiger partial charge in [0, 0.05) is 51.0 Å². The summed E-state index contributed by atoms with van der Waals surface area (Å²) in [6, 6.07) is 5.88. The number of carbonyl (C=O) groups excluding carboxylic acids is 1. The highest BCUT2D eigenvalue weighted by Crippen LogP contribution is 2.18. The lowest BCUT2D eigenvalue weighted by atomic mass is 10.2. The summed E-state index contributed by atoms with van der Waals surface area (Å²) in [5.41, 5.74) is 2.50. The van der Waals surface area contributed by atoms with Crippen molar-refractivity contribution in [2.75, 3.05) is 32.7 Å². The van der Waals surface area contributed by atoms with Gasteiger partial charge in [0.15, 0.2) is 0 Å². The summed E-state index contributed by atoms with van der Waals surface area (Å²) in [6.07, 6.45) is 4.00. The first-order valence-corrected chi connectivity index (χ1v) is 9.30. The van der Waals surface area contributed by atoms with Crippen molar-refractivity contribution in [2.45, 2.75) is 32.4 Å². The van der Waals surface area contributed by atoms with Gasteiger partial charge in [0.1, 0.15) is 5.65 Å². The minimum atomic E-state index is -0.0379. The average molecular weight is 355 g/mol. The van der Waals surface area contributed by atoms with Crippen molar-refractivity contribution in [1.29, 1.82) is 0 Å². The van der Waals surface area contributed by atoms with Crippen LogP contribution in [0.3, 0.4) is 0 Å². The van der Waals surface area contributed by atoms with Crippen LogP contribution in [0.4, 0.5) is 0 Å². The smallest absolute Gasteiger partial charge is 0.258 e. The molecular weight excluding hydrogens is 330 g/mol. The maximum atomic E-state index is 12.3. The monoisotopic (exact) mass is 355 g/mol. The van der Waals surface area contributed by atoms with Crippen LogP contribution in [0.25, 0.3) is 5.65 Å². The molecule has 7 nitrogen and oxygen atoms in total. The lowest BCUT2D eigenvalue weighted by molar-refractivity contribution is -0.122. The first-order chi connectivity index (χ1) is 12.6. The van der Waals surface area contributed by atoms with Gasteiger partial charge in [-0.15, -0.1) is 0 Å². The highest BCUT2D eigenvalue weighted by Gasteiger charge is 2.25. The molecule has 0 spiro atoms. The number of rotatable bonds is 5. The van der Waals surface area contributed by atoms with Gasteiger partial charge < -0.3 is 5.32 Å². The molecule has 1 amide bonds. The minimum absolute atomic E-state index is 0.0379. The predicted octanol–water partition coefficient (Wildman–Crippen LogP) is 0.399. The molecule has 3 heterocycles. The van der Waals surface area contributed by atoms with Crippen molar-refractivity contribution >= 4 is 11.6 Å². The fraction of sp³-hybridized carbons (Fsp3) is 0.526. The molecule has 4 rings (SSSR count).